The van der Waals surface area contributed by atoms with Gasteiger partial charge in [0.15, 0.2) is 0 Å². The van der Waals surface area contributed by atoms with E-state index in [1.54, 1.807) is 0 Å². The molecule has 1 rings (SSSR count). The fourth-order valence-corrected chi connectivity index (χ4v) is 2.06. The molecule has 0 bridgehead atoms. The fourth-order valence-electron chi connectivity index (χ4n) is 1.88. The summed E-state index contributed by atoms with van der Waals surface area (Å²) in [5.74, 6) is 0.837. The molecular weight excluding hydrogens is 238 g/mol. The van der Waals surface area contributed by atoms with Gasteiger partial charge in [-0.2, -0.15) is 0 Å². The molecule has 0 aliphatic carbocycles. The molecule has 0 amide bonds. The van der Waals surface area contributed by atoms with Crippen molar-refractivity contribution in [2.45, 2.75) is 19.4 Å². The maximum atomic E-state index is 9.14. The van der Waals surface area contributed by atoms with Crippen LogP contribution >= 0.6 is 11.6 Å². The number of hydrogen-bond donors (Lipinski definition) is 1. The van der Waals surface area contributed by atoms with Crippen molar-refractivity contribution in [3.63, 3.8) is 0 Å². The third-order valence-electron chi connectivity index (χ3n) is 2.66. The molecule has 1 unspecified atom stereocenters. The minimum absolute atomic E-state index is 0.111. The summed E-state index contributed by atoms with van der Waals surface area (Å²) in [6, 6.07) is 5.73. The van der Waals surface area contributed by atoms with Gasteiger partial charge in [-0.3, -0.25) is 0 Å². The number of ether oxygens (including phenoxy) is 1. The smallest absolute Gasteiger partial charge is 0.124 e. The molecule has 3 nitrogen and oxygen atoms in total. The summed E-state index contributed by atoms with van der Waals surface area (Å²) in [5.41, 5.74) is 1.03. The summed E-state index contributed by atoms with van der Waals surface area (Å²) >= 11 is 6.03. The Morgan fingerprint density at radius 2 is 2.12 bits per heavy atom. The van der Waals surface area contributed by atoms with Crippen LogP contribution in [0.5, 0.6) is 5.75 Å². The van der Waals surface area contributed by atoms with E-state index in [9.17, 15) is 0 Å². The van der Waals surface area contributed by atoms with Gasteiger partial charge in [0.25, 0.3) is 0 Å². The Morgan fingerprint density at radius 1 is 1.41 bits per heavy atom. The minimum atomic E-state index is 0.111. The largest absolute Gasteiger partial charge is 0.494 e. The first-order valence-corrected chi connectivity index (χ1v) is 6.17. The molecule has 96 valence electrons. The highest BCUT2D eigenvalue weighted by molar-refractivity contribution is 6.30. The van der Waals surface area contributed by atoms with Crippen LogP contribution in [0.25, 0.3) is 0 Å². The number of hydrogen-bond acceptors (Lipinski definition) is 3. The number of halogens is 1. The number of rotatable bonds is 6. The monoisotopic (exact) mass is 257 g/mol. The molecule has 17 heavy (non-hydrogen) atoms. The van der Waals surface area contributed by atoms with Crippen molar-refractivity contribution >= 4 is 11.6 Å². The minimum Gasteiger partial charge on any atom is -0.494 e. The summed E-state index contributed by atoms with van der Waals surface area (Å²) in [5, 5.41) is 9.82. The first kappa shape index (κ1) is 14.3. The topological polar surface area (TPSA) is 32.7 Å². The molecule has 1 aromatic carbocycles. The maximum Gasteiger partial charge on any atom is 0.124 e. The summed E-state index contributed by atoms with van der Waals surface area (Å²) in [6.07, 6.45) is 0.660. The zero-order valence-electron chi connectivity index (χ0n) is 10.6. The predicted molar refractivity (Wildman–Crippen MR) is 70.8 cm³/mol. The van der Waals surface area contributed by atoms with Crippen LogP contribution in [0.2, 0.25) is 5.02 Å². The maximum absolute atomic E-state index is 9.14. The van der Waals surface area contributed by atoms with E-state index in [0.29, 0.717) is 18.1 Å². The molecule has 4 heteroatoms. The Morgan fingerprint density at radius 3 is 2.65 bits per heavy atom. The van der Waals surface area contributed by atoms with Crippen molar-refractivity contribution in [1.29, 1.82) is 0 Å². The van der Waals surface area contributed by atoms with E-state index >= 15 is 0 Å². The van der Waals surface area contributed by atoms with Crippen LogP contribution in [0.1, 0.15) is 24.9 Å². The molecule has 1 aromatic rings. The highest BCUT2D eigenvalue weighted by Crippen LogP contribution is 2.32. The Hall–Kier alpha value is -0.770. The van der Waals surface area contributed by atoms with Gasteiger partial charge >= 0.3 is 0 Å². The summed E-state index contributed by atoms with van der Waals surface area (Å²) < 4.78 is 5.60. The second kappa shape index (κ2) is 6.84. The summed E-state index contributed by atoms with van der Waals surface area (Å²) in [4.78, 5) is 2.06. The zero-order valence-corrected chi connectivity index (χ0v) is 11.4. The molecule has 0 aliphatic heterocycles. The Bertz CT molecular complexity index is 355. The molecule has 1 atom stereocenters. The van der Waals surface area contributed by atoms with Gasteiger partial charge in [-0.15, -0.1) is 0 Å². The van der Waals surface area contributed by atoms with Gasteiger partial charge in [0.2, 0.25) is 0 Å². The van der Waals surface area contributed by atoms with E-state index in [0.717, 1.165) is 11.3 Å². The second-order valence-corrected chi connectivity index (χ2v) is 4.54. The average Bonchev–Trinajstić information content (AvgIpc) is 2.28. The van der Waals surface area contributed by atoms with Crippen molar-refractivity contribution in [2.75, 3.05) is 27.3 Å². The molecule has 0 heterocycles. The van der Waals surface area contributed by atoms with E-state index < -0.39 is 0 Å². The Labute approximate surface area is 108 Å². The van der Waals surface area contributed by atoms with Crippen molar-refractivity contribution < 1.29 is 9.84 Å². The van der Waals surface area contributed by atoms with Crippen LogP contribution in [-0.4, -0.2) is 37.3 Å². The molecule has 0 saturated carbocycles. The summed E-state index contributed by atoms with van der Waals surface area (Å²) in [7, 11) is 3.97. The lowest BCUT2D eigenvalue weighted by atomic mass is 10.0. The van der Waals surface area contributed by atoms with Crippen LogP contribution in [0, 0.1) is 0 Å². The van der Waals surface area contributed by atoms with Gasteiger partial charge in [-0.1, -0.05) is 11.6 Å². The normalized spacial score (nSPS) is 12.8. The Balaban J connectivity index is 3.09. The standard InChI is InChI=1S/C13H20ClNO2/c1-4-17-13-6-5-10(14)9-11(13)12(7-8-16)15(2)3/h5-6,9,12,16H,4,7-8H2,1-3H3. The molecule has 0 aromatic heterocycles. The molecule has 0 fully saturated rings. The van der Waals surface area contributed by atoms with Crippen LogP contribution in [-0.2, 0) is 0 Å². The Kier molecular flexibility index (Phi) is 5.75. The predicted octanol–water partition coefficient (Wildman–Crippen LogP) is 2.72. The molecule has 1 N–H and O–H groups in total. The molecule has 0 aliphatic rings. The number of benzene rings is 1. The number of nitrogens with zero attached hydrogens (tertiary/aromatic N) is 1. The van der Waals surface area contributed by atoms with E-state index in [1.807, 2.05) is 39.2 Å². The number of aliphatic hydroxyl groups excluding tert-OH is 1. The first-order chi connectivity index (χ1) is 8.10. The third-order valence-corrected chi connectivity index (χ3v) is 2.89. The van der Waals surface area contributed by atoms with Crippen LogP contribution < -0.4 is 4.74 Å². The SMILES string of the molecule is CCOc1ccc(Cl)cc1C(CCO)N(C)C. The van der Waals surface area contributed by atoms with Crippen LogP contribution in [0.15, 0.2) is 18.2 Å². The average molecular weight is 258 g/mol. The van der Waals surface area contributed by atoms with Gasteiger partial charge in [0, 0.05) is 23.2 Å². The van der Waals surface area contributed by atoms with Crippen molar-refractivity contribution in [2.24, 2.45) is 0 Å². The quantitative estimate of drug-likeness (QED) is 0.851. The molecular formula is C13H20ClNO2. The van der Waals surface area contributed by atoms with E-state index in [2.05, 4.69) is 4.90 Å². The molecule has 0 spiro atoms. The van der Waals surface area contributed by atoms with Gasteiger partial charge in [-0.05, 0) is 45.6 Å². The highest BCUT2D eigenvalue weighted by Gasteiger charge is 2.18. The van der Waals surface area contributed by atoms with Gasteiger partial charge < -0.3 is 14.7 Å². The van der Waals surface area contributed by atoms with E-state index in [1.165, 1.54) is 0 Å². The van der Waals surface area contributed by atoms with E-state index in [-0.39, 0.29) is 12.6 Å². The lowest BCUT2D eigenvalue weighted by molar-refractivity contribution is 0.206. The third kappa shape index (κ3) is 3.87. The highest BCUT2D eigenvalue weighted by atomic mass is 35.5. The lowest BCUT2D eigenvalue weighted by Crippen LogP contribution is -2.21. The fraction of sp³-hybridized carbons (Fsp3) is 0.538. The molecule has 0 saturated heterocycles. The van der Waals surface area contributed by atoms with Gasteiger partial charge in [-0.25, -0.2) is 0 Å². The summed E-state index contributed by atoms with van der Waals surface area (Å²) in [6.45, 7) is 2.71. The van der Waals surface area contributed by atoms with Crippen LogP contribution in [0.3, 0.4) is 0 Å². The van der Waals surface area contributed by atoms with Gasteiger partial charge in [0.1, 0.15) is 5.75 Å². The first-order valence-electron chi connectivity index (χ1n) is 5.79. The van der Waals surface area contributed by atoms with Crippen LogP contribution in [0.4, 0.5) is 0 Å². The molecule has 0 radical (unpaired) electrons. The van der Waals surface area contributed by atoms with Crippen molar-refractivity contribution in [3.8, 4) is 5.75 Å². The van der Waals surface area contributed by atoms with E-state index in [4.69, 9.17) is 21.4 Å². The number of aliphatic hydroxyl groups is 1. The van der Waals surface area contributed by atoms with Gasteiger partial charge in [0.05, 0.1) is 6.61 Å². The zero-order chi connectivity index (χ0) is 12.8. The second-order valence-electron chi connectivity index (χ2n) is 4.11. The van der Waals surface area contributed by atoms with Crippen molar-refractivity contribution in [1.82, 2.24) is 4.90 Å². The van der Waals surface area contributed by atoms with Crippen molar-refractivity contribution in [3.05, 3.63) is 28.8 Å². The lowest BCUT2D eigenvalue weighted by Gasteiger charge is -2.26.